The summed E-state index contributed by atoms with van der Waals surface area (Å²) in [5.41, 5.74) is 8.93. The van der Waals surface area contributed by atoms with Crippen LogP contribution in [0.3, 0.4) is 0 Å². The minimum atomic E-state index is -0.745. The van der Waals surface area contributed by atoms with E-state index in [1.165, 1.54) is 70.5 Å². The number of carbonyl (C=O) groups excluding carboxylic acids is 7. The van der Waals surface area contributed by atoms with Crippen molar-refractivity contribution in [2.75, 3.05) is 70.9 Å². The molecule has 0 spiro atoms. The smallest absolute Gasteiger partial charge is 0.453 e. The summed E-state index contributed by atoms with van der Waals surface area (Å²) in [5, 5.41) is 18.5. The van der Waals surface area contributed by atoms with E-state index in [4.69, 9.17) is 19.8 Å². The summed E-state index contributed by atoms with van der Waals surface area (Å²) >= 11 is 0. The minimum Gasteiger partial charge on any atom is -0.453 e. The number of amides is 3. The van der Waals surface area contributed by atoms with Crippen molar-refractivity contribution in [2.24, 2.45) is 11.5 Å². The molecule has 0 aromatic carbocycles. The molecule has 0 bridgehead atoms. The number of aliphatic hydroxyl groups excluding tert-OH is 2. The van der Waals surface area contributed by atoms with E-state index in [1.807, 2.05) is 0 Å². The zero-order valence-electron chi connectivity index (χ0n) is 22.9. The van der Waals surface area contributed by atoms with Crippen LogP contribution >= 0.6 is 0 Å². The van der Waals surface area contributed by atoms with E-state index in [0.29, 0.717) is 0 Å². The fourth-order valence-electron chi connectivity index (χ4n) is 0.287. The van der Waals surface area contributed by atoms with Gasteiger partial charge in [-0.1, -0.05) is 37.1 Å². The second-order valence-electron chi connectivity index (χ2n) is 3.66. The zero-order chi connectivity index (χ0) is 31.5. The molecule has 0 atom stereocenters. The van der Waals surface area contributed by atoms with Crippen LogP contribution < -0.4 is 22.1 Å². The van der Waals surface area contributed by atoms with Crippen molar-refractivity contribution in [3.63, 3.8) is 0 Å². The van der Waals surface area contributed by atoms with Crippen molar-refractivity contribution in [3.8, 4) is 0 Å². The van der Waals surface area contributed by atoms with Gasteiger partial charge in [0.1, 0.15) is 5.78 Å². The van der Waals surface area contributed by atoms with Crippen LogP contribution in [0.25, 0.3) is 0 Å². The average Bonchev–Trinajstić information content (AvgIpc) is 2.91. The Morgan fingerprint density at radius 1 is 0.585 bits per heavy atom. The highest BCUT2D eigenvalue weighted by Crippen LogP contribution is 1.72. The largest absolute Gasteiger partial charge is 0.507 e. The number of nitrogens with one attached hydrogen (secondary N) is 2. The van der Waals surface area contributed by atoms with Crippen LogP contribution in [0.15, 0.2) is 0 Å². The van der Waals surface area contributed by atoms with Gasteiger partial charge in [-0.3, -0.25) is 0 Å². The lowest BCUT2D eigenvalue weighted by Gasteiger charge is -1.90. The quantitative estimate of drug-likeness (QED) is 0.167. The lowest BCUT2D eigenvalue weighted by Crippen LogP contribution is -2.16. The summed E-state index contributed by atoms with van der Waals surface area (Å²) in [6, 6.07) is 0. The van der Waals surface area contributed by atoms with E-state index < -0.39 is 24.4 Å². The third kappa shape index (κ3) is 416. The molecule has 0 rings (SSSR count). The first kappa shape index (κ1) is 90.6. The molecule has 0 aliphatic heterocycles. The summed E-state index contributed by atoms with van der Waals surface area (Å²) in [4.78, 5) is 64.5. The maximum Gasteiger partial charge on any atom is 0.507 e. The molecule has 0 fully saturated rings. The third-order valence-corrected chi connectivity index (χ3v) is 1.31. The molecule has 0 unspecified atom stereocenters. The van der Waals surface area contributed by atoms with Gasteiger partial charge in [-0.05, 0) is 20.9 Å². The predicted molar refractivity (Wildman–Crippen MR) is 160 cm³/mol. The number of hydrogen-bond acceptors (Lipinski definition) is 15. The summed E-state index contributed by atoms with van der Waals surface area (Å²) in [6.45, 7) is 3.06. The van der Waals surface area contributed by atoms with E-state index >= 15 is 0 Å². The van der Waals surface area contributed by atoms with Crippen LogP contribution in [0.5, 0.6) is 0 Å². The number of hydrogen-bond donors (Lipinski definition) is 6. The van der Waals surface area contributed by atoms with Crippen molar-refractivity contribution < 1.29 is 67.5 Å². The van der Waals surface area contributed by atoms with E-state index in [1.54, 1.807) is 0 Å². The van der Waals surface area contributed by atoms with Crippen LogP contribution in [0.1, 0.15) is 51.0 Å². The highest BCUT2D eigenvalue weighted by molar-refractivity contribution is 5.72. The maximum atomic E-state index is 9.85. The molecular weight excluding hydrogens is 556 g/mol. The van der Waals surface area contributed by atoms with Gasteiger partial charge < -0.3 is 60.8 Å². The number of nitrogens with two attached hydrogens (primary N) is 2. The lowest BCUT2D eigenvalue weighted by atomic mass is 10.6. The Balaban J connectivity index is -0.0000000169. The Morgan fingerprint density at radius 2 is 0.732 bits per heavy atom. The molecule has 0 radical (unpaired) electrons. The topological polar surface area (TPSA) is 282 Å². The number of primary amides is 1. The van der Waals surface area contributed by atoms with Gasteiger partial charge in [0.2, 0.25) is 0 Å². The molecule has 0 aliphatic rings. The van der Waals surface area contributed by atoms with Gasteiger partial charge in [0.15, 0.2) is 0 Å². The van der Waals surface area contributed by atoms with E-state index in [-0.39, 0.29) is 49.1 Å². The Bertz CT molecular complexity index is 431. The molecule has 0 aliphatic carbocycles. The highest BCUT2D eigenvalue weighted by Gasteiger charge is 1.89. The van der Waals surface area contributed by atoms with Gasteiger partial charge in [-0.25, -0.2) is 19.2 Å². The zero-order valence-corrected chi connectivity index (χ0v) is 22.9. The standard InChI is InChI=1S/2C3H7NO2.C3H6O3.C3H6O.C2H5NO2.CH5N.CO2.2CH4O.5CH4/c2*1-4-3(5)6-2;1-5-3(4)6-2;1-3(2)4;1-5-2(3)4;1-2;2-1-3;2*1-2;;;;;/h2*1-2H3,(H,4,5);1-2H3;1-2H3;1H3,(H2,3,4);2H2,1H3;;2*2H,1H3;5*1H4. The second kappa shape index (κ2) is 122. The fraction of sp³-hybridized carbons (Fsp3) is 0.739. The normalized spacial score (nSPS) is 5.15. The Labute approximate surface area is 248 Å². The van der Waals surface area contributed by atoms with E-state index in [2.05, 4.69) is 45.8 Å². The molecule has 0 saturated heterocycles. The second-order valence-corrected chi connectivity index (χ2v) is 3.66. The van der Waals surface area contributed by atoms with Crippen LogP contribution in [0, 0.1) is 0 Å². The van der Waals surface area contributed by atoms with Crippen LogP contribution in [0.4, 0.5) is 19.2 Å². The van der Waals surface area contributed by atoms with Gasteiger partial charge in [0.05, 0.1) is 35.5 Å². The number of aliphatic hydroxyl groups is 2. The fourth-order valence-corrected chi connectivity index (χ4v) is 0.287. The summed E-state index contributed by atoms with van der Waals surface area (Å²) in [7, 11) is 12.9. The first-order chi connectivity index (χ1) is 16.8. The number of carbonyl (C=O) groups is 5. The van der Waals surface area contributed by atoms with Crippen molar-refractivity contribution in [1.29, 1.82) is 0 Å². The molecular formula is C23H64N4O14. The first-order valence-corrected chi connectivity index (χ1v) is 8.75. The number of rotatable bonds is 0. The number of alkyl carbamates (subject to hydrolysis) is 2. The molecule has 18 heteroatoms. The first-order valence-electron chi connectivity index (χ1n) is 8.75. The van der Waals surface area contributed by atoms with Gasteiger partial charge in [0, 0.05) is 28.3 Å². The molecule has 18 nitrogen and oxygen atoms in total. The van der Waals surface area contributed by atoms with Crippen molar-refractivity contribution in [3.05, 3.63) is 0 Å². The molecule has 260 valence electrons. The number of ketones is 1. The average molecular weight is 621 g/mol. The summed E-state index contributed by atoms with van der Waals surface area (Å²) < 4.78 is 20.3. The maximum absolute atomic E-state index is 9.85. The van der Waals surface area contributed by atoms with Gasteiger partial charge >= 0.3 is 30.6 Å². The minimum absolute atomic E-state index is 0. The monoisotopic (exact) mass is 620 g/mol. The molecule has 41 heavy (non-hydrogen) atoms. The predicted octanol–water partition coefficient (Wildman–Crippen LogP) is 2.04. The SMILES string of the molecule is C.C.C.C.C.CC(C)=O.CN.CNC(=O)OC.CNC(=O)OC.CO.CO.COC(=O)OC.COC(N)=O.O=C=O. The summed E-state index contributed by atoms with van der Waals surface area (Å²) in [5.74, 6) is 0.167. The van der Waals surface area contributed by atoms with Crippen molar-refractivity contribution in [2.45, 2.75) is 51.0 Å². The van der Waals surface area contributed by atoms with Crippen molar-refractivity contribution in [1.82, 2.24) is 10.6 Å². The van der Waals surface area contributed by atoms with Crippen LogP contribution in [-0.2, 0) is 38.1 Å². The molecule has 3 amide bonds. The number of methoxy groups -OCH3 is 5. The Hall–Kier alpha value is -3.99. The molecule has 0 heterocycles. The number of ether oxygens (including phenoxy) is 5. The van der Waals surface area contributed by atoms with Gasteiger partial charge in [-0.2, -0.15) is 9.59 Å². The van der Waals surface area contributed by atoms with E-state index in [0.717, 1.165) is 14.2 Å². The van der Waals surface area contributed by atoms with Crippen molar-refractivity contribution >= 4 is 36.4 Å². The molecule has 0 aromatic heterocycles. The Morgan fingerprint density at radius 3 is 0.732 bits per heavy atom. The molecule has 0 saturated carbocycles. The summed E-state index contributed by atoms with van der Waals surface area (Å²) in [6.07, 6.45) is -1.97. The van der Waals surface area contributed by atoms with E-state index in [9.17, 15) is 24.0 Å². The van der Waals surface area contributed by atoms with Crippen LogP contribution in [-0.4, -0.2) is 117 Å². The third-order valence-electron chi connectivity index (χ3n) is 1.31. The number of Topliss-reactive ketones (excluding diaryl/α,β-unsaturated/α-hetero) is 1. The molecule has 0 aromatic rings. The van der Waals surface area contributed by atoms with Gasteiger partial charge in [0.25, 0.3) is 0 Å². The lowest BCUT2D eigenvalue weighted by molar-refractivity contribution is -0.191. The molecule has 8 N–H and O–H groups in total. The van der Waals surface area contributed by atoms with Gasteiger partial charge in [-0.15, -0.1) is 0 Å². The highest BCUT2D eigenvalue weighted by atomic mass is 16.7. The van der Waals surface area contributed by atoms with Crippen LogP contribution in [0.2, 0.25) is 0 Å². The Kier molecular flexibility index (Phi) is 270.